The summed E-state index contributed by atoms with van der Waals surface area (Å²) in [4.78, 5) is 9.45. The number of nitro benzene ring substituents is 1. The number of nitrogens with one attached hydrogen (secondary N) is 1. The fourth-order valence-electron chi connectivity index (χ4n) is 1.69. The molecule has 0 radical (unpaired) electrons. The molecule has 1 aromatic rings. The smallest absolute Gasteiger partial charge is 0.306 e. The van der Waals surface area contributed by atoms with Crippen molar-refractivity contribution in [2.24, 2.45) is 5.92 Å². The molecule has 0 spiro atoms. The van der Waals surface area contributed by atoms with Gasteiger partial charge in [0.1, 0.15) is 0 Å². The lowest BCUT2D eigenvalue weighted by Gasteiger charge is -2.12. The predicted octanol–water partition coefficient (Wildman–Crippen LogP) is 1.60. The van der Waals surface area contributed by atoms with Gasteiger partial charge in [-0.15, -0.1) is 0 Å². The lowest BCUT2D eigenvalue weighted by molar-refractivity contribution is -0.387. The second-order valence-electron chi connectivity index (χ2n) is 4.74. The van der Waals surface area contributed by atoms with Gasteiger partial charge in [0, 0.05) is 26.3 Å². The van der Waals surface area contributed by atoms with Gasteiger partial charge in [-0.1, -0.05) is 6.92 Å². The highest BCUT2D eigenvalue weighted by atomic mass is 32.2. The van der Waals surface area contributed by atoms with Crippen molar-refractivity contribution in [2.75, 3.05) is 20.3 Å². The van der Waals surface area contributed by atoms with Gasteiger partial charge in [0.2, 0.25) is 15.8 Å². The molecule has 7 nitrogen and oxygen atoms in total. The predicted molar refractivity (Wildman–Crippen MR) is 74.0 cm³/mol. The Kier molecular flexibility index (Phi) is 5.76. The van der Waals surface area contributed by atoms with E-state index in [9.17, 15) is 22.9 Å². The maximum absolute atomic E-state index is 13.6. The highest BCUT2D eigenvalue weighted by Gasteiger charge is 2.24. The molecule has 0 aromatic heterocycles. The molecular formula is C12H17FN2O5S. The van der Waals surface area contributed by atoms with Crippen molar-refractivity contribution in [3.8, 4) is 0 Å². The first-order chi connectivity index (χ1) is 9.69. The zero-order valence-corrected chi connectivity index (χ0v) is 12.7. The third kappa shape index (κ3) is 4.45. The van der Waals surface area contributed by atoms with Crippen LogP contribution in [0, 0.1) is 28.8 Å². The molecule has 0 aliphatic carbocycles. The van der Waals surface area contributed by atoms with Gasteiger partial charge in [0.05, 0.1) is 9.82 Å². The molecule has 21 heavy (non-hydrogen) atoms. The van der Waals surface area contributed by atoms with Gasteiger partial charge in [0.15, 0.2) is 0 Å². The minimum absolute atomic E-state index is 0.0682. The van der Waals surface area contributed by atoms with Crippen molar-refractivity contribution in [1.82, 2.24) is 4.72 Å². The average Bonchev–Trinajstić information content (AvgIpc) is 2.39. The molecule has 1 aromatic carbocycles. The topological polar surface area (TPSA) is 98.5 Å². The normalized spacial score (nSPS) is 13.1. The van der Waals surface area contributed by atoms with E-state index < -0.39 is 26.5 Å². The third-order valence-corrected chi connectivity index (χ3v) is 4.19. The van der Waals surface area contributed by atoms with Crippen LogP contribution in [0.5, 0.6) is 0 Å². The summed E-state index contributed by atoms with van der Waals surface area (Å²) in [6, 6.07) is 1.78. The van der Waals surface area contributed by atoms with Gasteiger partial charge < -0.3 is 4.74 Å². The minimum Gasteiger partial charge on any atom is -0.384 e. The van der Waals surface area contributed by atoms with Crippen LogP contribution in [0.2, 0.25) is 0 Å². The Hall–Kier alpha value is -1.58. The molecule has 1 rings (SSSR count). The molecule has 0 aliphatic heterocycles. The van der Waals surface area contributed by atoms with Gasteiger partial charge >= 0.3 is 5.69 Å². The monoisotopic (exact) mass is 320 g/mol. The number of nitrogens with zero attached hydrogens (tertiary/aromatic N) is 1. The Balaban J connectivity index is 3.06. The van der Waals surface area contributed by atoms with E-state index in [4.69, 9.17) is 4.74 Å². The van der Waals surface area contributed by atoms with Crippen molar-refractivity contribution in [3.05, 3.63) is 33.6 Å². The Labute approximate surface area is 122 Å². The zero-order chi connectivity index (χ0) is 16.2. The van der Waals surface area contributed by atoms with Crippen molar-refractivity contribution >= 4 is 15.7 Å². The van der Waals surface area contributed by atoms with E-state index >= 15 is 0 Å². The van der Waals surface area contributed by atoms with Crippen molar-refractivity contribution in [2.45, 2.75) is 18.7 Å². The van der Waals surface area contributed by atoms with E-state index in [1.54, 1.807) is 6.92 Å². The highest BCUT2D eigenvalue weighted by Crippen LogP contribution is 2.25. The van der Waals surface area contributed by atoms with Gasteiger partial charge in [-0.2, -0.15) is 4.39 Å². The summed E-state index contributed by atoms with van der Waals surface area (Å²) in [5.74, 6) is -1.10. The summed E-state index contributed by atoms with van der Waals surface area (Å²) in [6.07, 6.45) is 0. The van der Waals surface area contributed by atoms with Crippen LogP contribution < -0.4 is 4.72 Å². The number of aryl methyl sites for hydroxylation is 1. The van der Waals surface area contributed by atoms with Crippen LogP contribution in [0.3, 0.4) is 0 Å². The van der Waals surface area contributed by atoms with Crippen LogP contribution in [-0.4, -0.2) is 33.6 Å². The lowest BCUT2D eigenvalue weighted by Crippen LogP contribution is -2.30. The van der Waals surface area contributed by atoms with E-state index in [0.717, 1.165) is 6.07 Å². The molecule has 1 N–H and O–H groups in total. The molecule has 0 fully saturated rings. The van der Waals surface area contributed by atoms with Gasteiger partial charge in [0.25, 0.3) is 0 Å². The average molecular weight is 320 g/mol. The number of nitro groups is 1. The van der Waals surface area contributed by atoms with Crippen LogP contribution in [0.4, 0.5) is 10.1 Å². The van der Waals surface area contributed by atoms with Crippen molar-refractivity contribution < 1.29 is 22.5 Å². The molecule has 0 heterocycles. The Morgan fingerprint density at radius 2 is 2.10 bits per heavy atom. The van der Waals surface area contributed by atoms with Crippen molar-refractivity contribution in [1.29, 1.82) is 0 Å². The number of rotatable bonds is 7. The number of sulfonamides is 1. The summed E-state index contributed by atoms with van der Waals surface area (Å²) in [5, 5.41) is 10.7. The Morgan fingerprint density at radius 1 is 1.48 bits per heavy atom. The van der Waals surface area contributed by atoms with E-state index in [0.29, 0.717) is 12.7 Å². The SMILES string of the molecule is COCC(C)CNS(=O)(=O)c1cc(C)c(F)c([N+](=O)[O-])c1. The Bertz CT molecular complexity index is 633. The number of hydrogen-bond acceptors (Lipinski definition) is 5. The zero-order valence-electron chi connectivity index (χ0n) is 11.9. The van der Waals surface area contributed by atoms with E-state index in [2.05, 4.69) is 4.72 Å². The molecule has 1 unspecified atom stereocenters. The van der Waals surface area contributed by atoms with E-state index in [1.807, 2.05) is 0 Å². The summed E-state index contributed by atoms with van der Waals surface area (Å²) in [5.41, 5.74) is -0.963. The van der Waals surface area contributed by atoms with Crippen LogP contribution in [-0.2, 0) is 14.8 Å². The largest absolute Gasteiger partial charge is 0.384 e. The third-order valence-electron chi connectivity index (χ3n) is 2.79. The van der Waals surface area contributed by atoms with Gasteiger partial charge in [-0.3, -0.25) is 10.1 Å². The maximum Gasteiger partial charge on any atom is 0.306 e. The second-order valence-corrected chi connectivity index (χ2v) is 6.51. The van der Waals surface area contributed by atoms with Crippen LogP contribution >= 0.6 is 0 Å². The van der Waals surface area contributed by atoms with E-state index in [1.165, 1.54) is 14.0 Å². The molecular weight excluding hydrogens is 303 g/mol. The Morgan fingerprint density at radius 3 is 2.62 bits per heavy atom. The minimum atomic E-state index is -3.95. The summed E-state index contributed by atoms with van der Waals surface area (Å²) in [7, 11) is -2.45. The quantitative estimate of drug-likeness (QED) is 0.608. The molecule has 0 aliphatic rings. The summed E-state index contributed by atoms with van der Waals surface area (Å²) < 4.78 is 44.9. The van der Waals surface area contributed by atoms with Gasteiger partial charge in [-0.25, -0.2) is 13.1 Å². The van der Waals surface area contributed by atoms with Gasteiger partial charge in [-0.05, 0) is 24.5 Å². The first-order valence-corrected chi connectivity index (χ1v) is 7.60. The summed E-state index contributed by atoms with van der Waals surface area (Å²) in [6.45, 7) is 3.53. The fraction of sp³-hybridized carbons (Fsp3) is 0.500. The number of ether oxygens (including phenoxy) is 1. The maximum atomic E-state index is 13.6. The number of halogens is 1. The van der Waals surface area contributed by atoms with Crippen molar-refractivity contribution in [3.63, 3.8) is 0 Å². The first kappa shape index (κ1) is 17.5. The van der Waals surface area contributed by atoms with Crippen LogP contribution in [0.1, 0.15) is 12.5 Å². The van der Waals surface area contributed by atoms with E-state index in [-0.39, 0.29) is 22.9 Å². The standard InChI is InChI=1S/C12H17FN2O5S/c1-8(7-20-3)6-14-21(18,19)10-4-9(2)12(13)11(5-10)15(16)17/h4-5,8,14H,6-7H2,1-3H3. The molecule has 1 atom stereocenters. The lowest BCUT2D eigenvalue weighted by atomic mass is 10.2. The number of benzene rings is 1. The molecule has 118 valence electrons. The van der Waals surface area contributed by atoms with Crippen LogP contribution in [0.15, 0.2) is 17.0 Å². The molecule has 0 saturated carbocycles. The second kappa shape index (κ2) is 6.92. The van der Waals surface area contributed by atoms with Crippen LogP contribution in [0.25, 0.3) is 0 Å². The number of hydrogen-bond donors (Lipinski definition) is 1. The number of methoxy groups -OCH3 is 1. The molecule has 0 amide bonds. The summed E-state index contributed by atoms with van der Waals surface area (Å²) >= 11 is 0. The molecule has 9 heteroatoms. The highest BCUT2D eigenvalue weighted by molar-refractivity contribution is 7.89. The molecule has 0 bridgehead atoms. The first-order valence-electron chi connectivity index (χ1n) is 6.12. The fourth-order valence-corrected chi connectivity index (χ4v) is 2.95. The molecule has 0 saturated heterocycles.